The Kier molecular flexibility index (Phi) is 22.1. The van der Waals surface area contributed by atoms with Crippen molar-refractivity contribution in [1.29, 1.82) is 0 Å². The number of hydrogen-bond donors (Lipinski definition) is 2. The zero-order chi connectivity index (χ0) is 20.0. The highest BCUT2D eigenvalue weighted by atomic mass is 16.5. The van der Waals surface area contributed by atoms with Gasteiger partial charge in [0, 0.05) is 19.2 Å². The topological polar surface area (TPSA) is 41.5 Å². The molecule has 0 spiro atoms. The van der Waals surface area contributed by atoms with Gasteiger partial charge in [0.2, 0.25) is 0 Å². The van der Waals surface area contributed by atoms with Crippen LogP contribution in [0.25, 0.3) is 0 Å². The summed E-state index contributed by atoms with van der Waals surface area (Å²) in [6.07, 6.45) is 22.5. The van der Waals surface area contributed by atoms with Gasteiger partial charge in [-0.1, -0.05) is 103 Å². The Bertz CT molecular complexity index is 273. The molecule has 0 saturated carbocycles. The van der Waals surface area contributed by atoms with Crippen molar-refractivity contribution in [3.8, 4) is 0 Å². The molecule has 0 aliphatic carbocycles. The van der Waals surface area contributed by atoms with E-state index in [2.05, 4.69) is 19.2 Å². The van der Waals surface area contributed by atoms with Gasteiger partial charge in [0.25, 0.3) is 0 Å². The average Bonchev–Trinajstić information content (AvgIpc) is 2.68. The first-order chi connectivity index (χ1) is 13.2. The summed E-state index contributed by atoms with van der Waals surface area (Å²) < 4.78 is 5.46. The molecule has 0 aromatic carbocycles. The summed E-state index contributed by atoms with van der Waals surface area (Å²) in [5.74, 6) is 0. The van der Waals surface area contributed by atoms with Crippen molar-refractivity contribution in [2.75, 3.05) is 19.8 Å². The highest BCUT2D eigenvalue weighted by Crippen LogP contribution is 2.14. The third kappa shape index (κ3) is 20.4. The molecule has 0 aliphatic heterocycles. The van der Waals surface area contributed by atoms with Gasteiger partial charge < -0.3 is 15.2 Å². The fraction of sp³-hybridized carbons (Fsp3) is 1.00. The Morgan fingerprint density at radius 1 is 0.704 bits per heavy atom. The van der Waals surface area contributed by atoms with Gasteiger partial charge >= 0.3 is 0 Å². The van der Waals surface area contributed by atoms with Crippen LogP contribution in [0.3, 0.4) is 0 Å². The van der Waals surface area contributed by atoms with E-state index in [0.29, 0.717) is 12.6 Å². The van der Waals surface area contributed by atoms with E-state index in [1.807, 2.05) is 6.92 Å². The number of aliphatic hydroxyl groups is 1. The molecule has 0 aliphatic rings. The standard InChI is InChI=1S/C24H51NO2/c1-4-6-7-8-9-10-11-12-13-14-15-16-17-18-19-20-23(3)25-21-24(22-26)27-5-2/h23-26H,4-22H2,1-3H3. The van der Waals surface area contributed by atoms with E-state index in [1.165, 1.54) is 103 Å². The van der Waals surface area contributed by atoms with Crippen molar-refractivity contribution in [1.82, 2.24) is 5.32 Å². The number of ether oxygens (including phenoxy) is 1. The van der Waals surface area contributed by atoms with Crippen molar-refractivity contribution >= 4 is 0 Å². The van der Waals surface area contributed by atoms with E-state index >= 15 is 0 Å². The fourth-order valence-corrected chi connectivity index (χ4v) is 3.67. The first kappa shape index (κ1) is 26.9. The first-order valence-corrected chi connectivity index (χ1v) is 12.2. The maximum absolute atomic E-state index is 9.22. The molecule has 27 heavy (non-hydrogen) atoms. The van der Waals surface area contributed by atoms with Gasteiger partial charge in [-0.25, -0.2) is 0 Å². The highest BCUT2D eigenvalue weighted by Gasteiger charge is 2.08. The molecular formula is C24H51NO2. The summed E-state index contributed by atoms with van der Waals surface area (Å²) >= 11 is 0. The van der Waals surface area contributed by atoms with E-state index in [4.69, 9.17) is 4.74 Å². The normalized spacial score (nSPS) is 13.8. The second kappa shape index (κ2) is 22.2. The summed E-state index contributed by atoms with van der Waals surface area (Å²) in [6, 6.07) is 0.515. The zero-order valence-corrected chi connectivity index (χ0v) is 18.9. The minimum Gasteiger partial charge on any atom is -0.394 e. The lowest BCUT2D eigenvalue weighted by Crippen LogP contribution is -2.37. The van der Waals surface area contributed by atoms with E-state index in [-0.39, 0.29) is 12.7 Å². The maximum atomic E-state index is 9.22. The Hall–Kier alpha value is -0.120. The number of hydrogen-bond acceptors (Lipinski definition) is 3. The van der Waals surface area contributed by atoms with Gasteiger partial charge in [-0.05, 0) is 20.3 Å². The SMILES string of the molecule is CCCCCCCCCCCCCCCCCC(C)NCC(CO)OCC. The monoisotopic (exact) mass is 385 g/mol. The summed E-state index contributed by atoms with van der Waals surface area (Å²) in [5, 5.41) is 12.7. The van der Waals surface area contributed by atoms with Gasteiger partial charge in [-0.15, -0.1) is 0 Å². The van der Waals surface area contributed by atoms with Crippen LogP contribution in [0.1, 0.15) is 124 Å². The lowest BCUT2D eigenvalue weighted by molar-refractivity contribution is 0.0193. The van der Waals surface area contributed by atoms with Crippen LogP contribution >= 0.6 is 0 Å². The first-order valence-electron chi connectivity index (χ1n) is 12.2. The molecule has 0 radical (unpaired) electrons. The van der Waals surface area contributed by atoms with Crippen LogP contribution in [-0.4, -0.2) is 37.0 Å². The third-order valence-corrected chi connectivity index (χ3v) is 5.54. The van der Waals surface area contributed by atoms with Crippen molar-refractivity contribution < 1.29 is 9.84 Å². The Labute approximate surface area is 171 Å². The highest BCUT2D eigenvalue weighted by molar-refractivity contribution is 4.66. The van der Waals surface area contributed by atoms with Crippen LogP contribution in [0, 0.1) is 0 Å². The Morgan fingerprint density at radius 2 is 1.15 bits per heavy atom. The van der Waals surface area contributed by atoms with Crippen molar-refractivity contribution in [2.24, 2.45) is 0 Å². The molecule has 0 aromatic rings. The number of aliphatic hydroxyl groups excluding tert-OH is 1. The largest absolute Gasteiger partial charge is 0.394 e. The number of rotatable bonds is 22. The van der Waals surface area contributed by atoms with Crippen molar-refractivity contribution in [3.63, 3.8) is 0 Å². The van der Waals surface area contributed by atoms with Crippen LogP contribution in [0.5, 0.6) is 0 Å². The second-order valence-electron chi connectivity index (χ2n) is 8.31. The van der Waals surface area contributed by atoms with Crippen LogP contribution in [-0.2, 0) is 4.74 Å². The molecule has 0 amide bonds. The Morgan fingerprint density at radius 3 is 1.56 bits per heavy atom. The summed E-state index contributed by atoms with van der Waals surface area (Å²) in [5.41, 5.74) is 0. The third-order valence-electron chi connectivity index (χ3n) is 5.54. The lowest BCUT2D eigenvalue weighted by atomic mass is 10.0. The van der Waals surface area contributed by atoms with Gasteiger partial charge in [0.15, 0.2) is 0 Å². The molecule has 0 saturated heterocycles. The molecule has 0 fully saturated rings. The smallest absolute Gasteiger partial charge is 0.0929 e. The minimum absolute atomic E-state index is 0.0569. The molecule has 164 valence electrons. The van der Waals surface area contributed by atoms with Crippen molar-refractivity contribution in [3.05, 3.63) is 0 Å². The second-order valence-corrected chi connectivity index (χ2v) is 8.31. The van der Waals surface area contributed by atoms with Crippen LogP contribution in [0.4, 0.5) is 0 Å². The Balaban J connectivity index is 3.22. The van der Waals surface area contributed by atoms with Crippen LogP contribution < -0.4 is 5.32 Å². The summed E-state index contributed by atoms with van der Waals surface area (Å²) in [7, 11) is 0. The molecule has 3 nitrogen and oxygen atoms in total. The molecular weight excluding hydrogens is 334 g/mol. The molecule has 2 unspecified atom stereocenters. The number of unbranched alkanes of at least 4 members (excludes halogenated alkanes) is 14. The molecule has 0 aromatic heterocycles. The quantitative estimate of drug-likeness (QED) is 0.206. The minimum atomic E-state index is -0.0569. The van der Waals surface area contributed by atoms with E-state index in [0.717, 1.165) is 6.54 Å². The number of nitrogens with one attached hydrogen (secondary N) is 1. The van der Waals surface area contributed by atoms with E-state index in [9.17, 15) is 5.11 Å². The molecule has 2 atom stereocenters. The van der Waals surface area contributed by atoms with Crippen molar-refractivity contribution in [2.45, 2.75) is 136 Å². The zero-order valence-electron chi connectivity index (χ0n) is 18.9. The van der Waals surface area contributed by atoms with Gasteiger partial charge in [0.1, 0.15) is 0 Å². The van der Waals surface area contributed by atoms with Gasteiger partial charge in [-0.3, -0.25) is 0 Å². The average molecular weight is 386 g/mol. The molecule has 0 bridgehead atoms. The predicted molar refractivity (Wildman–Crippen MR) is 120 cm³/mol. The van der Waals surface area contributed by atoms with Gasteiger partial charge in [-0.2, -0.15) is 0 Å². The molecule has 0 heterocycles. The fourth-order valence-electron chi connectivity index (χ4n) is 3.67. The maximum Gasteiger partial charge on any atom is 0.0929 e. The molecule has 2 N–H and O–H groups in total. The summed E-state index contributed by atoms with van der Waals surface area (Å²) in [6.45, 7) is 8.03. The summed E-state index contributed by atoms with van der Waals surface area (Å²) in [4.78, 5) is 0. The van der Waals surface area contributed by atoms with E-state index in [1.54, 1.807) is 0 Å². The van der Waals surface area contributed by atoms with Crippen LogP contribution in [0.15, 0.2) is 0 Å². The molecule has 0 rings (SSSR count). The lowest BCUT2D eigenvalue weighted by Gasteiger charge is -2.19. The molecule has 3 heteroatoms. The van der Waals surface area contributed by atoms with Gasteiger partial charge in [0.05, 0.1) is 12.7 Å². The van der Waals surface area contributed by atoms with E-state index < -0.39 is 0 Å². The van der Waals surface area contributed by atoms with Crippen LogP contribution in [0.2, 0.25) is 0 Å². The predicted octanol–water partition coefficient (Wildman–Crippen LogP) is 6.62.